The Balaban J connectivity index is 2.49. The van der Waals surface area contributed by atoms with Gasteiger partial charge in [0.1, 0.15) is 0 Å². The minimum absolute atomic E-state index is 0.161. The Bertz CT molecular complexity index is 459. The summed E-state index contributed by atoms with van der Waals surface area (Å²) >= 11 is 5.94. The van der Waals surface area contributed by atoms with Crippen LogP contribution in [0.4, 0.5) is 0 Å². The van der Waals surface area contributed by atoms with Crippen LogP contribution in [0.3, 0.4) is 0 Å². The summed E-state index contributed by atoms with van der Waals surface area (Å²) in [4.78, 5) is 23.7. The van der Waals surface area contributed by atoms with Crippen LogP contribution in [-0.2, 0) is 0 Å². The Hall–Kier alpha value is -1.39. The van der Waals surface area contributed by atoms with Crippen molar-refractivity contribution in [1.29, 1.82) is 0 Å². The zero-order chi connectivity index (χ0) is 11.7. The summed E-state index contributed by atoms with van der Waals surface area (Å²) in [6, 6.07) is 4.30. The molecule has 4 nitrogen and oxygen atoms in total. The Morgan fingerprint density at radius 1 is 1.38 bits per heavy atom. The summed E-state index contributed by atoms with van der Waals surface area (Å²) in [5.74, 6) is -0.429. The van der Waals surface area contributed by atoms with Crippen molar-refractivity contribution in [3.63, 3.8) is 0 Å². The van der Waals surface area contributed by atoms with Gasteiger partial charge >= 0.3 is 0 Å². The number of amides is 1. The first kappa shape index (κ1) is 11.1. The van der Waals surface area contributed by atoms with Crippen LogP contribution in [-0.4, -0.2) is 24.3 Å². The van der Waals surface area contributed by atoms with Gasteiger partial charge < -0.3 is 11.1 Å². The van der Waals surface area contributed by atoms with E-state index in [0.29, 0.717) is 29.1 Å². The van der Waals surface area contributed by atoms with E-state index in [4.69, 9.17) is 17.3 Å². The Morgan fingerprint density at radius 3 is 2.81 bits per heavy atom. The Labute approximate surface area is 97.8 Å². The van der Waals surface area contributed by atoms with Gasteiger partial charge in [-0.2, -0.15) is 0 Å². The number of hydrogen-bond acceptors (Lipinski definition) is 3. The molecule has 0 saturated heterocycles. The first-order valence-corrected chi connectivity index (χ1v) is 5.36. The maximum absolute atomic E-state index is 12.0. The quantitative estimate of drug-likeness (QED) is 0.807. The average Bonchev–Trinajstić information content (AvgIpc) is 2.25. The molecule has 0 radical (unpaired) electrons. The number of nitrogens with two attached hydrogens (primary N) is 1. The zero-order valence-corrected chi connectivity index (χ0v) is 9.25. The third-order valence-corrected chi connectivity index (χ3v) is 2.90. The number of rotatable bonds is 2. The SMILES string of the molecule is NCC[C@@H]1NC(=O)c2cccc(Cl)c2C1=O. The van der Waals surface area contributed by atoms with Crippen molar-refractivity contribution in [3.8, 4) is 0 Å². The number of Topliss-reactive ketones (excluding diaryl/α,β-unsaturated/α-hetero) is 1. The summed E-state index contributed by atoms with van der Waals surface area (Å²) in [5, 5.41) is 2.94. The molecule has 0 spiro atoms. The molecule has 0 fully saturated rings. The first-order valence-electron chi connectivity index (χ1n) is 4.99. The molecule has 0 aromatic heterocycles. The van der Waals surface area contributed by atoms with Crippen LogP contribution in [0.15, 0.2) is 18.2 Å². The van der Waals surface area contributed by atoms with Crippen LogP contribution in [0, 0.1) is 0 Å². The molecule has 16 heavy (non-hydrogen) atoms. The van der Waals surface area contributed by atoms with E-state index in [1.165, 1.54) is 0 Å². The van der Waals surface area contributed by atoms with Crippen molar-refractivity contribution in [2.24, 2.45) is 5.73 Å². The fraction of sp³-hybridized carbons (Fsp3) is 0.273. The lowest BCUT2D eigenvalue weighted by atomic mass is 9.92. The van der Waals surface area contributed by atoms with E-state index < -0.39 is 6.04 Å². The third kappa shape index (κ3) is 1.70. The van der Waals surface area contributed by atoms with Gasteiger partial charge in [0, 0.05) is 0 Å². The van der Waals surface area contributed by atoms with Gasteiger partial charge in [-0.25, -0.2) is 0 Å². The maximum atomic E-state index is 12.0. The van der Waals surface area contributed by atoms with Crippen LogP contribution >= 0.6 is 11.6 Å². The highest BCUT2D eigenvalue weighted by Crippen LogP contribution is 2.25. The fourth-order valence-electron chi connectivity index (χ4n) is 1.81. The van der Waals surface area contributed by atoms with E-state index in [0.717, 1.165) is 0 Å². The van der Waals surface area contributed by atoms with E-state index in [-0.39, 0.29) is 11.7 Å². The van der Waals surface area contributed by atoms with E-state index in [9.17, 15) is 9.59 Å². The van der Waals surface area contributed by atoms with E-state index >= 15 is 0 Å². The molecule has 1 aliphatic rings. The second kappa shape index (κ2) is 4.23. The molecule has 1 atom stereocenters. The minimum atomic E-state index is -0.551. The number of nitrogens with one attached hydrogen (secondary N) is 1. The van der Waals surface area contributed by atoms with Crippen molar-refractivity contribution in [2.75, 3.05) is 6.54 Å². The number of carbonyl (C=O) groups is 2. The van der Waals surface area contributed by atoms with Gasteiger partial charge in [0.05, 0.1) is 22.2 Å². The fourth-order valence-corrected chi connectivity index (χ4v) is 2.08. The van der Waals surface area contributed by atoms with E-state index in [1.807, 2.05) is 0 Å². The topological polar surface area (TPSA) is 72.2 Å². The molecule has 1 aromatic rings. The Morgan fingerprint density at radius 2 is 2.12 bits per heavy atom. The second-order valence-electron chi connectivity index (χ2n) is 3.63. The number of ketones is 1. The molecule has 1 heterocycles. The van der Waals surface area contributed by atoms with Crippen LogP contribution in [0.5, 0.6) is 0 Å². The van der Waals surface area contributed by atoms with Gasteiger partial charge in [-0.05, 0) is 25.1 Å². The van der Waals surface area contributed by atoms with Crippen molar-refractivity contribution < 1.29 is 9.59 Å². The van der Waals surface area contributed by atoms with Crippen LogP contribution in [0.1, 0.15) is 27.1 Å². The lowest BCUT2D eigenvalue weighted by molar-refractivity contribution is 0.0824. The molecule has 2 rings (SSSR count). The van der Waals surface area contributed by atoms with E-state index in [1.54, 1.807) is 18.2 Å². The van der Waals surface area contributed by atoms with Gasteiger partial charge in [0.2, 0.25) is 0 Å². The highest BCUT2D eigenvalue weighted by Gasteiger charge is 2.32. The Kier molecular flexibility index (Phi) is 2.94. The summed E-state index contributed by atoms with van der Waals surface area (Å²) in [5.41, 5.74) is 6.04. The van der Waals surface area contributed by atoms with Crippen molar-refractivity contribution in [1.82, 2.24) is 5.32 Å². The molecular weight excluding hydrogens is 228 g/mol. The highest BCUT2D eigenvalue weighted by molar-refractivity contribution is 6.36. The van der Waals surface area contributed by atoms with Gasteiger partial charge in [0.15, 0.2) is 5.78 Å². The number of fused-ring (bicyclic) bond motifs is 1. The number of halogens is 1. The van der Waals surface area contributed by atoms with E-state index in [2.05, 4.69) is 5.32 Å². The molecule has 1 aliphatic heterocycles. The number of hydrogen-bond donors (Lipinski definition) is 2. The first-order chi connectivity index (χ1) is 7.65. The normalized spacial score (nSPS) is 19.2. The molecule has 0 saturated carbocycles. The highest BCUT2D eigenvalue weighted by atomic mass is 35.5. The molecule has 5 heteroatoms. The van der Waals surface area contributed by atoms with Gasteiger partial charge in [-0.15, -0.1) is 0 Å². The lowest BCUT2D eigenvalue weighted by Gasteiger charge is -2.24. The van der Waals surface area contributed by atoms with Gasteiger partial charge in [0.25, 0.3) is 5.91 Å². The summed E-state index contributed by atoms with van der Waals surface area (Å²) in [6.07, 6.45) is 0.426. The molecule has 84 valence electrons. The van der Waals surface area contributed by atoms with Crippen LogP contribution < -0.4 is 11.1 Å². The van der Waals surface area contributed by atoms with Gasteiger partial charge in [-0.3, -0.25) is 9.59 Å². The van der Waals surface area contributed by atoms with Crippen LogP contribution in [0.25, 0.3) is 0 Å². The summed E-state index contributed by atoms with van der Waals surface area (Å²) in [7, 11) is 0. The molecular formula is C11H11ClN2O2. The van der Waals surface area contributed by atoms with Crippen molar-refractivity contribution in [2.45, 2.75) is 12.5 Å². The third-order valence-electron chi connectivity index (χ3n) is 2.58. The molecule has 0 aliphatic carbocycles. The van der Waals surface area contributed by atoms with Crippen molar-refractivity contribution >= 4 is 23.3 Å². The number of carbonyl (C=O) groups excluding carboxylic acids is 2. The monoisotopic (exact) mass is 238 g/mol. The molecule has 1 amide bonds. The second-order valence-corrected chi connectivity index (χ2v) is 4.04. The maximum Gasteiger partial charge on any atom is 0.252 e. The van der Waals surface area contributed by atoms with Crippen molar-refractivity contribution in [3.05, 3.63) is 34.3 Å². The predicted octanol–water partition coefficient (Wildman–Crippen LogP) is 0.983. The molecule has 3 N–H and O–H groups in total. The summed E-state index contributed by atoms with van der Waals surface area (Å²) in [6.45, 7) is 0.344. The van der Waals surface area contributed by atoms with Crippen LogP contribution in [0.2, 0.25) is 5.02 Å². The lowest BCUT2D eigenvalue weighted by Crippen LogP contribution is -2.47. The zero-order valence-electron chi connectivity index (χ0n) is 8.50. The molecule has 0 unspecified atom stereocenters. The van der Waals surface area contributed by atoms with Gasteiger partial charge in [-0.1, -0.05) is 17.7 Å². The number of benzene rings is 1. The minimum Gasteiger partial charge on any atom is -0.342 e. The molecule has 0 bridgehead atoms. The standard InChI is InChI=1S/C11H11ClN2O2/c12-7-3-1-2-6-9(7)10(15)8(4-5-13)14-11(6)16/h1-3,8H,4-5,13H2,(H,14,16)/t8-/m0/s1. The molecule has 1 aromatic carbocycles. The predicted molar refractivity (Wildman–Crippen MR) is 60.7 cm³/mol. The average molecular weight is 239 g/mol. The smallest absolute Gasteiger partial charge is 0.252 e. The largest absolute Gasteiger partial charge is 0.342 e. The summed E-state index contributed by atoms with van der Waals surface area (Å²) < 4.78 is 0.